The minimum atomic E-state index is -0.0452. The molecule has 1 heterocycles. The number of hydrogen-bond donors (Lipinski definition) is 0. The Hall–Kier alpha value is -1.54. The number of hydrogen-bond acceptors (Lipinski definition) is 1. The molecule has 0 N–H and O–H groups in total. The quantitative estimate of drug-likeness (QED) is 0.685. The molecule has 1 atom stereocenters. The number of Topliss-reactive ketones (excluding diaryl/α,β-unsaturated/α-hetero) is 1. The van der Waals surface area contributed by atoms with Gasteiger partial charge in [0, 0.05) is 0 Å². The number of carbonyl (C=O) groups is 1. The van der Waals surface area contributed by atoms with Gasteiger partial charge in [-0.2, -0.15) is 0 Å². The number of benzene rings is 2. The topological polar surface area (TPSA) is 17.1 Å². The predicted octanol–water partition coefficient (Wildman–Crippen LogP) is 2.92. The minimum Gasteiger partial charge on any atom is -0.289 e. The van der Waals surface area contributed by atoms with Crippen LogP contribution < -0.4 is 0 Å². The van der Waals surface area contributed by atoms with Crippen LogP contribution in [0.1, 0.15) is 10.4 Å². The second-order valence-corrected chi connectivity index (χ2v) is 5.75. The molecule has 0 saturated heterocycles. The predicted molar refractivity (Wildman–Crippen MR) is 66.0 cm³/mol. The van der Waals surface area contributed by atoms with E-state index in [-0.39, 0.29) is 16.7 Å². The third-order valence-electron chi connectivity index (χ3n) is 2.76. The number of rotatable bonds is 1. The van der Waals surface area contributed by atoms with E-state index in [1.165, 1.54) is 9.79 Å². The summed E-state index contributed by atoms with van der Waals surface area (Å²) in [6, 6.07) is 18.3. The van der Waals surface area contributed by atoms with Crippen molar-refractivity contribution in [2.75, 3.05) is 5.75 Å². The van der Waals surface area contributed by atoms with Crippen molar-refractivity contribution in [1.82, 2.24) is 0 Å². The van der Waals surface area contributed by atoms with Crippen molar-refractivity contribution >= 4 is 16.7 Å². The first-order chi connectivity index (χ1) is 7.86. The summed E-state index contributed by atoms with van der Waals surface area (Å²) in [4.78, 5) is 14.3. The van der Waals surface area contributed by atoms with Gasteiger partial charge in [-0.3, -0.25) is 4.79 Å². The molecule has 0 amide bonds. The van der Waals surface area contributed by atoms with Crippen molar-refractivity contribution in [3.63, 3.8) is 0 Å². The molecular weight excluding hydrogens is 216 g/mol. The van der Waals surface area contributed by atoms with Crippen LogP contribution in [0.4, 0.5) is 0 Å². The Morgan fingerprint density at radius 1 is 0.875 bits per heavy atom. The number of ketones is 1. The van der Waals surface area contributed by atoms with E-state index in [9.17, 15) is 4.79 Å². The van der Waals surface area contributed by atoms with Gasteiger partial charge < -0.3 is 0 Å². The third kappa shape index (κ3) is 1.46. The number of carbonyl (C=O) groups excluding carboxylic acids is 1. The van der Waals surface area contributed by atoms with E-state index in [2.05, 4.69) is 18.2 Å². The van der Waals surface area contributed by atoms with Crippen LogP contribution in [0.25, 0.3) is 0 Å². The summed E-state index contributed by atoms with van der Waals surface area (Å²) in [6.07, 6.45) is 0. The molecule has 1 aliphatic heterocycles. The van der Waals surface area contributed by atoms with Crippen LogP contribution in [0.15, 0.2) is 64.4 Å². The van der Waals surface area contributed by atoms with Crippen molar-refractivity contribution in [3.05, 3.63) is 60.2 Å². The lowest BCUT2D eigenvalue weighted by atomic mass is 10.2. The molecule has 2 aromatic rings. The largest absolute Gasteiger partial charge is 0.289 e. The smallest absolute Gasteiger partial charge is 0.217 e. The molecule has 2 heteroatoms. The van der Waals surface area contributed by atoms with Crippen LogP contribution in [0, 0.1) is 0 Å². The Morgan fingerprint density at radius 2 is 1.56 bits per heavy atom. The summed E-state index contributed by atoms with van der Waals surface area (Å²) in [5.41, 5.74) is 0.912. The molecule has 2 aromatic carbocycles. The van der Waals surface area contributed by atoms with Gasteiger partial charge in [0.25, 0.3) is 0 Å². The molecule has 0 spiro atoms. The molecule has 16 heavy (non-hydrogen) atoms. The summed E-state index contributed by atoms with van der Waals surface area (Å²) < 4.78 is 0. The molecule has 3 rings (SSSR count). The van der Waals surface area contributed by atoms with Crippen molar-refractivity contribution < 1.29 is 4.79 Å². The Bertz CT molecular complexity index is 533. The van der Waals surface area contributed by atoms with Crippen LogP contribution in [0.5, 0.6) is 0 Å². The van der Waals surface area contributed by atoms with Crippen molar-refractivity contribution in [2.24, 2.45) is 0 Å². The van der Waals surface area contributed by atoms with Gasteiger partial charge in [0.1, 0.15) is 0 Å². The van der Waals surface area contributed by atoms with E-state index < -0.39 is 0 Å². The van der Waals surface area contributed by atoms with Crippen LogP contribution in [-0.2, 0) is 10.9 Å². The summed E-state index contributed by atoms with van der Waals surface area (Å²) in [5.74, 6) is 0.923. The van der Waals surface area contributed by atoms with Gasteiger partial charge in [-0.25, -0.2) is 0 Å². The molecule has 0 fully saturated rings. The minimum absolute atomic E-state index is 0.0452. The zero-order chi connectivity index (χ0) is 11.0. The van der Waals surface area contributed by atoms with Gasteiger partial charge in [-0.1, -0.05) is 30.3 Å². The van der Waals surface area contributed by atoms with Gasteiger partial charge in [0.05, 0.1) is 16.5 Å². The maximum atomic E-state index is 11.9. The van der Waals surface area contributed by atoms with Crippen molar-refractivity contribution in [3.8, 4) is 0 Å². The maximum absolute atomic E-state index is 11.9. The Morgan fingerprint density at radius 3 is 2.38 bits per heavy atom. The Balaban J connectivity index is 2.11. The number of fused-ring (bicyclic) bond motifs is 1. The average molecular weight is 227 g/mol. The van der Waals surface area contributed by atoms with Gasteiger partial charge in [-0.15, -0.1) is 0 Å². The van der Waals surface area contributed by atoms with Crippen LogP contribution in [-0.4, -0.2) is 11.5 Å². The van der Waals surface area contributed by atoms with Crippen LogP contribution >= 0.6 is 0 Å². The first kappa shape index (κ1) is 9.67. The van der Waals surface area contributed by atoms with Gasteiger partial charge in [0.2, 0.25) is 5.78 Å². The maximum Gasteiger partial charge on any atom is 0.217 e. The van der Waals surface area contributed by atoms with E-state index >= 15 is 0 Å². The highest BCUT2D eigenvalue weighted by atomic mass is 32.2. The van der Waals surface area contributed by atoms with Crippen molar-refractivity contribution in [2.45, 2.75) is 9.79 Å². The first-order valence-corrected chi connectivity index (χ1v) is 6.64. The normalized spacial score (nSPS) is 18.5. The zero-order valence-electron chi connectivity index (χ0n) is 8.72. The highest BCUT2D eigenvalue weighted by molar-refractivity contribution is 7.98. The molecule has 1 unspecified atom stereocenters. The molecule has 0 aromatic heterocycles. The van der Waals surface area contributed by atoms with Gasteiger partial charge in [-0.05, 0) is 24.3 Å². The lowest BCUT2D eigenvalue weighted by Crippen LogP contribution is -2.05. The van der Waals surface area contributed by atoms with E-state index in [0.717, 1.165) is 5.56 Å². The van der Waals surface area contributed by atoms with E-state index in [1.807, 2.05) is 36.4 Å². The molecule has 1 aliphatic rings. The first-order valence-electron chi connectivity index (χ1n) is 5.24. The second kappa shape index (κ2) is 3.80. The SMILES string of the molecule is O=C1C[S+](c2ccccc2)c2ccccc21. The van der Waals surface area contributed by atoms with Crippen molar-refractivity contribution in [1.29, 1.82) is 0 Å². The monoisotopic (exact) mass is 227 g/mol. The van der Waals surface area contributed by atoms with E-state index in [1.54, 1.807) is 0 Å². The Kier molecular flexibility index (Phi) is 2.29. The fourth-order valence-electron chi connectivity index (χ4n) is 1.99. The van der Waals surface area contributed by atoms with E-state index in [0.29, 0.717) is 5.75 Å². The summed E-state index contributed by atoms with van der Waals surface area (Å²) in [7, 11) is -0.0452. The fraction of sp³-hybridized carbons (Fsp3) is 0.0714. The standard InChI is InChI=1S/C14H11OS/c15-13-10-16(11-6-2-1-3-7-11)14-9-5-4-8-12(13)14/h1-9H,10H2/q+1. The molecule has 0 radical (unpaired) electrons. The molecule has 0 bridgehead atoms. The molecular formula is C14H11OS+. The second-order valence-electron chi connectivity index (χ2n) is 3.77. The zero-order valence-corrected chi connectivity index (χ0v) is 9.54. The highest BCUT2D eigenvalue weighted by Gasteiger charge is 2.39. The lowest BCUT2D eigenvalue weighted by Gasteiger charge is -1.99. The Labute approximate surface area is 97.5 Å². The van der Waals surface area contributed by atoms with E-state index in [4.69, 9.17) is 0 Å². The molecule has 0 saturated carbocycles. The van der Waals surface area contributed by atoms with Gasteiger partial charge >= 0.3 is 0 Å². The van der Waals surface area contributed by atoms with Gasteiger partial charge in [0.15, 0.2) is 15.5 Å². The highest BCUT2D eigenvalue weighted by Crippen LogP contribution is 2.32. The fourth-order valence-corrected chi connectivity index (χ4v) is 4.16. The summed E-state index contributed by atoms with van der Waals surface area (Å²) in [6.45, 7) is 0. The summed E-state index contributed by atoms with van der Waals surface area (Å²) in [5, 5.41) is 0. The average Bonchev–Trinajstić information content (AvgIpc) is 2.69. The van der Waals surface area contributed by atoms with Crippen LogP contribution in [0.3, 0.4) is 0 Å². The molecule has 1 nitrogen and oxygen atoms in total. The molecule has 0 aliphatic carbocycles. The lowest BCUT2D eigenvalue weighted by molar-refractivity contribution is 0.102. The van der Waals surface area contributed by atoms with Crippen LogP contribution in [0.2, 0.25) is 0 Å². The third-order valence-corrected chi connectivity index (χ3v) is 5.04. The molecule has 78 valence electrons. The summed E-state index contributed by atoms with van der Waals surface area (Å²) >= 11 is 0.